The van der Waals surface area contributed by atoms with E-state index in [4.69, 9.17) is 15.0 Å². The fraction of sp³-hybridized carbons (Fsp3) is 0.263. The number of nitrogens with zero attached hydrogens (tertiary/aromatic N) is 2. The molecule has 25 heavy (non-hydrogen) atoms. The number of rotatable bonds is 7. The van der Waals surface area contributed by atoms with Gasteiger partial charge in [-0.1, -0.05) is 47.6 Å². The standard InChI is InChI=1S/C19H21N3O2.ClH/c1-2-23-17-6-4-3-5-15(17)11-12-18-21-19(22-24-18)16-9-7-14(13-20)8-10-16;/h3-10H,2,11-13,20H2,1H3;1H. The number of aryl methyl sites for hydroxylation is 2. The average Bonchev–Trinajstić information content (AvgIpc) is 3.10. The zero-order valence-electron chi connectivity index (χ0n) is 14.1. The summed E-state index contributed by atoms with van der Waals surface area (Å²) >= 11 is 0. The number of halogens is 1. The van der Waals surface area contributed by atoms with Crippen LogP contribution in [-0.2, 0) is 19.4 Å². The Morgan fingerprint density at radius 3 is 2.52 bits per heavy atom. The minimum atomic E-state index is 0. The fourth-order valence-electron chi connectivity index (χ4n) is 2.51. The van der Waals surface area contributed by atoms with Crippen LogP contribution in [0.4, 0.5) is 0 Å². The molecular weight excluding hydrogens is 338 g/mol. The monoisotopic (exact) mass is 359 g/mol. The molecule has 5 nitrogen and oxygen atoms in total. The summed E-state index contributed by atoms with van der Waals surface area (Å²) in [6.07, 6.45) is 1.47. The molecule has 0 aliphatic carbocycles. The molecule has 0 amide bonds. The van der Waals surface area contributed by atoms with Gasteiger partial charge in [-0.05, 0) is 30.5 Å². The van der Waals surface area contributed by atoms with Crippen LogP contribution in [0.3, 0.4) is 0 Å². The second-order valence-electron chi connectivity index (χ2n) is 5.45. The molecule has 0 aliphatic heterocycles. The topological polar surface area (TPSA) is 74.2 Å². The van der Waals surface area contributed by atoms with Crippen molar-refractivity contribution in [2.45, 2.75) is 26.3 Å². The molecule has 0 atom stereocenters. The number of benzene rings is 2. The number of hydrogen-bond donors (Lipinski definition) is 1. The lowest BCUT2D eigenvalue weighted by molar-refractivity contribution is 0.335. The normalized spacial score (nSPS) is 10.3. The van der Waals surface area contributed by atoms with Gasteiger partial charge in [-0.15, -0.1) is 12.4 Å². The van der Waals surface area contributed by atoms with E-state index in [0.29, 0.717) is 31.3 Å². The molecule has 1 aromatic heterocycles. The highest BCUT2D eigenvalue weighted by Crippen LogP contribution is 2.21. The van der Waals surface area contributed by atoms with Crippen LogP contribution >= 0.6 is 12.4 Å². The Morgan fingerprint density at radius 2 is 1.80 bits per heavy atom. The van der Waals surface area contributed by atoms with Crippen LogP contribution in [0.25, 0.3) is 11.4 Å². The van der Waals surface area contributed by atoms with Gasteiger partial charge in [-0.2, -0.15) is 4.98 Å². The maximum atomic E-state index is 5.64. The maximum absolute atomic E-state index is 5.64. The summed E-state index contributed by atoms with van der Waals surface area (Å²) in [6.45, 7) is 3.16. The van der Waals surface area contributed by atoms with Crippen LogP contribution in [-0.4, -0.2) is 16.7 Å². The van der Waals surface area contributed by atoms with E-state index in [9.17, 15) is 0 Å². The first-order valence-electron chi connectivity index (χ1n) is 8.13. The average molecular weight is 360 g/mol. The Kier molecular flexibility index (Phi) is 6.98. The van der Waals surface area contributed by atoms with Crippen molar-refractivity contribution in [2.24, 2.45) is 5.73 Å². The van der Waals surface area contributed by atoms with Crippen molar-refractivity contribution in [1.82, 2.24) is 10.1 Å². The number of aromatic nitrogens is 2. The molecule has 0 spiro atoms. The van der Waals surface area contributed by atoms with Crippen molar-refractivity contribution in [3.63, 3.8) is 0 Å². The van der Waals surface area contributed by atoms with Gasteiger partial charge < -0.3 is 15.0 Å². The molecule has 2 aromatic carbocycles. The van der Waals surface area contributed by atoms with E-state index in [-0.39, 0.29) is 12.4 Å². The summed E-state index contributed by atoms with van der Waals surface area (Å²) in [4.78, 5) is 4.48. The summed E-state index contributed by atoms with van der Waals surface area (Å²) in [5, 5.41) is 4.06. The lowest BCUT2D eigenvalue weighted by atomic mass is 10.1. The predicted octanol–water partition coefficient (Wildman–Crippen LogP) is 3.80. The second-order valence-corrected chi connectivity index (χ2v) is 5.45. The summed E-state index contributed by atoms with van der Waals surface area (Å²) in [7, 11) is 0. The summed E-state index contributed by atoms with van der Waals surface area (Å²) < 4.78 is 11.0. The van der Waals surface area contributed by atoms with Crippen molar-refractivity contribution >= 4 is 12.4 Å². The molecule has 132 valence electrons. The van der Waals surface area contributed by atoms with Crippen molar-refractivity contribution < 1.29 is 9.26 Å². The van der Waals surface area contributed by atoms with Gasteiger partial charge in [-0.3, -0.25) is 0 Å². The van der Waals surface area contributed by atoms with Crippen molar-refractivity contribution in [3.8, 4) is 17.1 Å². The predicted molar refractivity (Wildman–Crippen MR) is 99.9 cm³/mol. The zero-order chi connectivity index (χ0) is 16.8. The van der Waals surface area contributed by atoms with Gasteiger partial charge in [0.2, 0.25) is 11.7 Å². The number of nitrogens with two attached hydrogens (primary N) is 1. The highest BCUT2D eigenvalue weighted by atomic mass is 35.5. The summed E-state index contributed by atoms with van der Waals surface area (Å²) in [6, 6.07) is 15.9. The van der Waals surface area contributed by atoms with Gasteiger partial charge >= 0.3 is 0 Å². The molecule has 0 saturated carbocycles. The SMILES string of the molecule is CCOc1ccccc1CCc1nc(-c2ccc(CN)cc2)no1.Cl. The molecule has 1 heterocycles. The summed E-state index contributed by atoms with van der Waals surface area (Å²) in [5.41, 5.74) is 8.76. The molecule has 0 saturated heterocycles. The molecule has 0 radical (unpaired) electrons. The van der Waals surface area contributed by atoms with E-state index in [1.54, 1.807) is 0 Å². The lowest BCUT2D eigenvalue weighted by Crippen LogP contribution is -1.98. The first kappa shape index (κ1) is 19.0. The molecule has 0 bridgehead atoms. The second kappa shape index (κ2) is 9.20. The maximum Gasteiger partial charge on any atom is 0.227 e. The highest BCUT2D eigenvalue weighted by Gasteiger charge is 2.10. The number of ether oxygens (including phenoxy) is 1. The molecule has 0 aliphatic rings. The van der Waals surface area contributed by atoms with Crippen molar-refractivity contribution in [1.29, 1.82) is 0 Å². The molecule has 3 rings (SSSR count). The van der Waals surface area contributed by atoms with E-state index < -0.39 is 0 Å². The number of para-hydroxylation sites is 1. The van der Waals surface area contributed by atoms with Gasteiger partial charge in [-0.25, -0.2) is 0 Å². The quantitative estimate of drug-likeness (QED) is 0.694. The van der Waals surface area contributed by atoms with Gasteiger partial charge in [0.15, 0.2) is 0 Å². The van der Waals surface area contributed by atoms with E-state index in [2.05, 4.69) is 16.2 Å². The largest absolute Gasteiger partial charge is 0.494 e. The van der Waals surface area contributed by atoms with Gasteiger partial charge in [0, 0.05) is 18.5 Å². The Morgan fingerprint density at radius 1 is 1.04 bits per heavy atom. The first-order chi connectivity index (χ1) is 11.8. The highest BCUT2D eigenvalue weighted by molar-refractivity contribution is 5.85. The van der Waals surface area contributed by atoms with E-state index in [0.717, 1.165) is 28.9 Å². The lowest BCUT2D eigenvalue weighted by Gasteiger charge is -2.08. The van der Waals surface area contributed by atoms with Crippen LogP contribution in [0, 0.1) is 0 Å². The fourth-order valence-corrected chi connectivity index (χ4v) is 2.51. The van der Waals surface area contributed by atoms with Crippen molar-refractivity contribution in [2.75, 3.05) is 6.61 Å². The van der Waals surface area contributed by atoms with Crippen molar-refractivity contribution in [3.05, 3.63) is 65.5 Å². The third-order valence-electron chi connectivity index (χ3n) is 3.80. The first-order valence-corrected chi connectivity index (χ1v) is 8.13. The Balaban J connectivity index is 0.00000225. The molecule has 0 fully saturated rings. The third kappa shape index (κ3) is 4.81. The van der Waals surface area contributed by atoms with Gasteiger partial charge in [0.25, 0.3) is 0 Å². The summed E-state index contributed by atoms with van der Waals surface area (Å²) in [5.74, 6) is 2.14. The minimum Gasteiger partial charge on any atom is -0.494 e. The van der Waals surface area contributed by atoms with E-state index in [1.807, 2.05) is 49.4 Å². The molecule has 3 aromatic rings. The molecule has 2 N–H and O–H groups in total. The van der Waals surface area contributed by atoms with Crippen LogP contribution < -0.4 is 10.5 Å². The Bertz CT molecular complexity index is 787. The van der Waals surface area contributed by atoms with Crippen LogP contribution in [0.2, 0.25) is 0 Å². The van der Waals surface area contributed by atoms with Gasteiger partial charge in [0.1, 0.15) is 5.75 Å². The van der Waals surface area contributed by atoms with Crippen LogP contribution in [0.1, 0.15) is 23.9 Å². The van der Waals surface area contributed by atoms with Crippen LogP contribution in [0.15, 0.2) is 53.1 Å². The minimum absolute atomic E-state index is 0. The molecular formula is C19H22ClN3O2. The zero-order valence-corrected chi connectivity index (χ0v) is 15.0. The smallest absolute Gasteiger partial charge is 0.227 e. The van der Waals surface area contributed by atoms with E-state index in [1.165, 1.54) is 0 Å². The Labute approximate surface area is 153 Å². The van der Waals surface area contributed by atoms with Crippen LogP contribution in [0.5, 0.6) is 5.75 Å². The molecule has 0 unspecified atom stereocenters. The Hall–Kier alpha value is -2.37. The van der Waals surface area contributed by atoms with E-state index >= 15 is 0 Å². The molecule has 6 heteroatoms. The van der Waals surface area contributed by atoms with Gasteiger partial charge in [0.05, 0.1) is 6.61 Å². The number of hydrogen-bond acceptors (Lipinski definition) is 5. The third-order valence-corrected chi connectivity index (χ3v) is 3.80.